The van der Waals surface area contributed by atoms with Crippen LogP contribution in [0.4, 0.5) is 0 Å². The Morgan fingerprint density at radius 3 is 2.20 bits per heavy atom. The zero-order valence-corrected chi connectivity index (χ0v) is 17.4. The van der Waals surface area contributed by atoms with Crippen LogP contribution in [0.15, 0.2) is 0 Å². The normalized spacial score (nSPS) is 40.3. The molecule has 0 aromatic heterocycles. The zero-order chi connectivity index (χ0) is 19.1. The molecule has 2 aliphatic carbocycles. The molecule has 0 saturated heterocycles. The van der Waals surface area contributed by atoms with Gasteiger partial charge in [-0.1, -0.05) is 47.5 Å². The van der Waals surface area contributed by atoms with Crippen LogP contribution in [0.3, 0.4) is 0 Å². The predicted molar refractivity (Wildman–Crippen MR) is 101 cm³/mol. The van der Waals surface area contributed by atoms with Gasteiger partial charge in [0.1, 0.15) is 11.9 Å². The highest BCUT2D eigenvalue weighted by molar-refractivity contribution is 5.66. The first-order valence-corrected chi connectivity index (χ1v) is 10.0. The van der Waals surface area contributed by atoms with Crippen LogP contribution < -0.4 is 0 Å². The number of fused-ring (bicyclic) bond motifs is 1. The number of esters is 1. The molecule has 3 nitrogen and oxygen atoms in total. The molecule has 0 aliphatic heterocycles. The molecule has 3 heteroatoms. The number of carbonyl (C=O) groups is 2. The molecule has 0 aromatic rings. The van der Waals surface area contributed by atoms with Gasteiger partial charge in [0.05, 0.1) is 0 Å². The largest absolute Gasteiger partial charge is 0.459 e. The first kappa shape index (κ1) is 20.5. The Morgan fingerprint density at radius 2 is 1.64 bits per heavy atom. The maximum absolute atomic E-state index is 11.8. The minimum atomic E-state index is -0.530. The molecule has 0 N–H and O–H groups in total. The maximum Gasteiger partial charge on any atom is 0.303 e. The van der Waals surface area contributed by atoms with Gasteiger partial charge in [0, 0.05) is 19.3 Å². The number of carbonyl (C=O) groups excluding carboxylic acids is 2. The van der Waals surface area contributed by atoms with Crippen molar-refractivity contribution in [2.75, 3.05) is 0 Å². The van der Waals surface area contributed by atoms with E-state index in [0.717, 1.165) is 25.5 Å². The molecule has 0 amide bonds. The fourth-order valence-electron chi connectivity index (χ4n) is 6.34. The Balaban J connectivity index is 2.52. The van der Waals surface area contributed by atoms with E-state index >= 15 is 0 Å². The number of ether oxygens (including phenoxy) is 1. The highest BCUT2D eigenvalue weighted by Gasteiger charge is 2.60. The fraction of sp³-hybridized carbons (Fsp3) is 0.909. The molecule has 4 atom stereocenters. The highest BCUT2D eigenvalue weighted by Crippen LogP contribution is 2.65. The standard InChI is InChI=1S/C22H38O3/c1-16(24)25-22(7)14-10-17-20(4,5)19(2,3)12-8-9-13-21(17,6)18(22)11-15-23/h15,17-18H,8-14H2,1-7H3/t17-,18+,21-,22+/m0/s1. The SMILES string of the molecule is CC(=O)O[C@]1(C)CC[C@H]2C(C)(C)C(C)(C)CCCC[C@]2(C)[C@H]1CC=O. The molecule has 0 aromatic carbocycles. The summed E-state index contributed by atoms with van der Waals surface area (Å²) in [5, 5.41) is 0. The molecule has 0 radical (unpaired) electrons. The van der Waals surface area contributed by atoms with Crippen molar-refractivity contribution in [1.29, 1.82) is 0 Å². The summed E-state index contributed by atoms with van der Waals surface area (Å²) >= 11 is 0. The van der Waals surface area contributed by atoms with Crippen molar-refractivity contribution in [3.63, 3.8) is 0 Å². The summed E-state index contributed by atoms with van der Waals surface area (Å²) in [7, 11) is 0. The lowest BCUT2D eigenvalue weighted by molar-refractivity contribution is -0.202. The summed E-state index contributed by atoms with van der Waals surface area (Å²) in [6.45, 7) is 15.6. The second-order valence-electron chi connectivity index (χ2n) is 10.3. The molecular weight excluding hydrogens is 312 g/mol. The first-order valence-electron chi connectivity index (χ1n) is 10.0. The van der Waals surface area contributed by atoms with Crippen LogP contribution in [0.2, 0.25) is 0 Å². The van der Waals surface area contributed by atoms with Gasteiger partial charge in [0.2, 0.25) is 0 Å². The smallest absolute Gasteiger partial charge is 0.303 e. The van der Waals surface area contributed by atoms with Gasteiger partial charge in [-0.15, -0.1) is 0 Å². The van der Waals surface area contributed by atoms with Crippen molar-refractivity contribution in [2.24, 2.45) is 28.1 Å². The van der Waals surface area contributed by atoms with Gasteiger partial charge in [0.15, 0.2) is 0 Å². The van der Waals surface area contributed by atoms with E-state index in [-0.39, 0.29) is 28.1 Å². The second-order valence-corrected chi connectivity index (χ2v) is 10.3. The molecule has 2 aliphatic rings. The third-order valence-electron chi connectivity index (χ3n) is 8.35. The van der Waals surface area contributed by atoms with Gasteiger partial charge in [-0.3, -0.25) is 4.79 Å². The Kier molecular flexibility index (Phi) is 5.48. The third-order valence-corrected chi connectivity index (χ3v) is 8.35. The van der Waals surface area contributed by atoms with E-state index in [9.17, 15) is 9.59 Å². The van der Waals surface area contributed by atoms with Crippen LogP contribution in [0.5, 0.6) is 0 Å². The van der Waals surface area contributed by atoms with Gasteiger partial charge in [-0.25, -0.2) is 0 Å². The molecule has 0 heterocycles. The van der Waals surface area contributed by atoms with Crippen LogP contribution in [0.25, 0.3) is 0 Å². The van der Waals surface area contributed by atoms with Crippen LogP contribution in [-0.4, -0.2) is 17.9 Å². The van der Waals surface area contributed by atoms with Crippen molar-refractivity contribution in [1.82, 2.24) is 0 Å². The van der Waals surface area contributed by atoms with Crippen LogP contribution >= 0.6 is 0 Å². The minimum Gasteiger partial charge on any atom is -0.459 e. The lowest BCUT2D eigenvalue weighted by Crippen LogP contribution is -2.60. The molecule has 0 bridgehead atoms. The van der Waals surface area contributed by atoms with E-state index in [1.807, 2.05) is 0 Å². The molecule has 2 fully saturated rings. The number of aldehydes is 1. The molecular formula is C22H38O3. The van der Waals surface area contributed by atoms with Crippen molar-refractivity contribution < 1.29 is 14.3 Å². The van der Waals surface area contributed by atoms with Crippen molar-refractivity contribution >= 4 is 12.3 Å². The van der Waals surface area contributed by atoms with Crippen molar-refractivity contribution in [2.45, 2.75) is 99.0 Å². The monoisotopic (exact) mass is 350 g/mol. The van der Waals surface area contributed by atoms with Crippen LogP contribution in [0, 0.1) is 28.1 Å². The summed E-state index contributed by atoms with van der Waals surface area (Å²) in [5.74, 6) is 0.392. The van der Waals surface area contributed by atoms with E-state index in [1.54, 1.807) is 0 Å². The van der Waals surface area contributed by atoms with E-state index in [2.05, 4.69) is 41.5 Å². The molecule has 0 spiro atoms. The molecule has 25 heavy (non-hydrogen) atoms. The molecule has 2 rings (SSSR count). The topological polar surface area (TPSA) is 43.4 Å². The van der Waals surface area contributed by atoms with Crippen molar-refractivity contribution in [3.05, 3.63) is 0 Å². The van der Waals surface area contributed by atoms with Crippen LogP contribution in [0.1, 0.15) is 93.4 Å². The van der Waals surface area contributed by atoms with E-state index < -0.39 is 5.60 Å². The summed E-state index contributed by atoms with van der Waals surface area (Å²) in [6, 6.07) is 0. The zero-order valence-electron chi connectivity index (χ0n) is 17.4. The molecule has 0 unspecified atom stereocenters. The maximum atomic E-state index is 11.8. The van der Waals surface area contributed by atoms with Gasteiger partial charge in [-0.2, -0.15) is 0 Å². The number of rotatable bonds is 3. The van der Waals surface area contributed by atoms with Gasteiger partial charge < -0.3 is 9.53 Å². The summed E-state index contributed by atoms with van der Waals surface area (Å²) in [5.41, 5.74) is -0.0664. The predicted octanol–water partition coefficient (Wildman–Crippen LogP) is 5.56. The Hall–Kier alpha value is -0.860. The summed E-state index contributed by atoms with van der Waals surface area (Å²) < 4.78 is 5.85. The Morgan fingerprint density at radius 1 is 1.04 bits per heavy atom. The van der Waals surface area contributed by atoms with E-state index in [1.165, 1.54) is 26.2 Å². The summed E-state index contributed by atoms with van der Waals surface area (Å²) in [4.78, 5) is 23.3. The van der Waals surface area contributed by atoms with Gasteiger partial charge in [-0.05, 0) is 54.8 Å². The van der Waals surface area contributed by atoms with E-state index in [4.69, 9.17) is 4.74 Å². The van der Waals surface area contributed by atoms with Crippen molar-refractivity contribution in [3.8, 4) is 0 Å². The Bertz CT molecular complexity index is 521. The average Bonchev–Trinajstić information content (AvgIpc) is 2.46. The lowest BCUT2D eigenvalue weighted by Gasteiger charge is -2.63. The highest BCUT2D eigenvalue weighted by atomic mass is 16.6. The number of hydrogen-bond acceptors (Lipinski definition) is 3. The third kappa shape index (κ3) is 3.40. The molecule has 2 saturated carbocycles. The lowest BCUT2D eigenvalue weighted by atomic mass is 9.43. The summed E-state index contributed by atoms with van der Waals surface area (Å²) in [6.07, 6.45) is 8.23. The number of hydrogen-bond donors (Lipinski definition) is 0. The first-order chi connectivity index (χ1) is 11.4. The fourth-order valence-corrected chi connectivity index (χ4v) is 6.34. The Labute approximate surface area is 154 Å². The van der Waals surface area contributed by atoms with Crippen LogP contribution in [-0.2, 0) is 14.3 Å². The van der Waals surface area contributed by atoms with E-state index in [0.29, 0.717) is 12.3 Å². The van der Waals surface area contributed by atoms with Gasteiger partial charge in [0.25, 0.3) is 0 Å². The van der Waals surface area contributed by atoms with Gasteiger partial charge >= 0.3 is 5.97 Å². The minimum absolute atomic E-state index is 0.0184. The quantitative estimate of drug-likeness (QED) is 0.494. The molecule has 144 valence electrons. The second kappa shape index (κ2) is 6.70. The average molecular weight is 351 g/mol.